The summed E-state index contributed by atoms with van der Waals surface area (Å²) in [7, 11) is 0. The van der Waals surface area contributed by atoms with Gasteiger partial charge in [0.1, 0.15) is 5.76 Å². The van der Waals surface area contributed by atoms with Crippen molar-refractivity contribution in [2.45, 2.75) is 65.8 Å². The first kappa shape index (κ1) is 17.7. The van der Waals surface area contributed by atoms with Crippen LogP contribution in [-0.2, 0) is 6.42 Å². The molecule has 5 nitrogen and oxygen atoms in total. The highest BCUT2D eigenvalue weighted by molar-refractivity contribution is 5.93. The van der Waals surface area contributed by atoms with E-state index in [4.69, 9.17) is 4.52 Å². The maximum atomic E-state index is 12.1. The van der Waals surface area contributed by atoms with E-state index in [1.807, 2.05) is 13.8 Å². The maximum absolute atomic E-state index is 12.1. The van der Waals surface area contributed by atoms with Crippen LogP contribution in [0.25, 0.3) is 0 Å². The highest BCUT2D eigenvalue weighted by Crippen LogP contribution is 2.15. The highest BCUT2D eigenvalue weighted by atomic mass is 16.5. The van der Waals surface area contributed by atoms with Gasteiger partial charge < -0.3 is 15.2 Å². The van der Waals surface area contributed by atoms with Gasteiger partial charge in [0.25, 0.3) is 5.91 Å². The van der Waals surface area contributed by atoms with Crippen molar-refractivity contribution in [3.05, 3.63) is 17.0 Å². The molecule has 0 aromatic carbocycles. The number of nitrogens with zero attached hydrogens (tertiary/aromatic N) is 1. The molecule has 0 saturated heterocycles. The molecular formula is C16H29N3O2. The third-order valence-electron chi connectivity index (χ3n) is 4.10. The van der Waals surface area contributed by atoms with Crippen LogP contribution in [-0.4, -0.2) is 29.7 Å². The summed E-state index contributed by atoms with van der Waals surface area (Å²) < 4.78 is 5.16. The molecule has 1 aromatic rings. The number of nitrogens with one attached hydrogen (secondary N) is 2. The van der Waals surface area contributed by atoms with Crippen LogP contribution in [0.15, 0.2) is 4.52 Å². The summed E-state index contributed by atoms with van der Waals surface area (Å²) in [5, 5.41) is 10.4. The zero-order valence-electron chi connectivity index (χ0n) is 14.0. The Labute approximate surface area is 127 Å². The van der Waals surface area contributed by atoms with Gasteiger partial charge in [-0.1, -0.05) is 25.9 Å². The SMILES string of the molecule is CCCNC(C)(CC)CCNC(=O)c1noc(CC)c1C. The van der Waals surface area contributed by atoms with Crippen LogP contribution in [0, 0.1) is 6.92 Å². The topological polar surface area (TPSA) is 67.2 Å². The standard InChI is InChI=1S/C16H29N3O2/c1-6-10-18-16(5,8-3)9-11-17-15(20)14-12(4)13(7-2)21-19-14/h18H,6-11H2,1-5H3,(H,17,20). The Morgan fingerprint density at radius 3 is 2.52 bits per heavy atom. The number of hydrogen-bond donors (Lipinski definition) is 2. The normalized spacial score (nSPS) is 14.0. The molecular weight excluding hydrogens is 266 g/mol. The quantitative estimate of drug-likeness (QED) is 0.735. The van der Waals surface area contributed by atoms with Gasteiger partial charge in [0.2, 0.25) is 0 Å². The van der Waals surface area contributed by atoms with Crippen molar-refractivity contribution < 1.29 is 9.32 Å². The van der Waals surface area contributed by atoms with Crippen LogP contribution in [0.2, 0.25) is 0 Å². The van der Waals surface area contributed by atoms with Crippen molar-refractivity contribution in [2.24, 2.45) is 0 Å². The average molecular weight is 295 g/mol. The molecule has 1 aromatic heterocycles. The third-order valence-corrected chi connectivity index (χ3v) is 4.10. The summed E-state index contributed by atoms with van der Waals surface area (Å²) in [4.78, 5) is 12.1. The summed E-state index contributed by atoms with van der Waals surface area (Å²) in [5.41, 5.74) is 1.32. The van der Waals surface area contributed by atoms with E-state index in [9.17, 15) is 4.79 Å². The molecule has 1 unspecified atom stereocenters. The van der Waals surface area contributed by atoms with Crippen LogP contribution in [0.5, 0.6) is 0 Å². The van der Waals surface area contributed by atoms with Gasteiger partial charge in [-0.3, -0.25) is 4.79 Å². The molecule has 1 heterocycles. The summed E-state index contributed by atoms with van der Waals surface area (Å²) in [6.45, 7) is 12.0. The lowest BCUT2D eigenvalue weighted by Crippen LogP contribution is -2.44. The van der Waals surface area contributed by atoms with E-state index < -0.39 is 0 Å². The lowest BCUT2D eigenvalue weighted by atomic mass is 9.94. The molecule has 0 saturated carbocycles. The van der Waals surface area contributed by atoms with Crippen molar-refractivity contribution in [2.75, 3.05) is 13.1 Å². The number of carbonyl (C=O) groups is 1. The number of aromatic nitrogens is 1. The summed E-state index contributed by atoms with van der Waals surface area (Å²) in [5.74, 6) is 0.632. The van der Waals surface area contributed by atoms with E-state index in [0.29, 0.717) is 12.2 Å². The minimum Gasteiger partial charge on any atom is -0.360 e. The van der Waals surface area contributed by atoms with Crippen molar-refractivity contribution >= 4 is 5.91 Å². The number of aryl methyl sites for hydroxylation is 1. The predicted molar refractivity (Wildman–Crippen MR) is 84.6 cm³/mol. The largest absolute Gasteiger partial charge is 0.360 e. The second kappa shape index (κ2) is 8.17. The van der Waals surface area contributed by atoms with E-state index in [1.165, 1.54) is 0 Å². The molecule has 0 aliphatic rings. The lowest BCUT2D eigenvalue weighted by molar-refractivity contribution is 0.0940. The van der Waals surface area contributed by atoms with E-state index in [2.05, 4.69) is 36.6 Å². The Bertz CT molecular complexity index is 456. The van der Waals surface area contributed by atoms with Gasteiger partial charge in [-0.2, -0.15) is 0 Å². The zero-order valence-corrected chi connectivity index (χ0v) is 14.0. The summed E-state index contributed by atoms with van der Waals surface area (Å²) >= 11 is 0. The second-order valence-corrected chi connectivity index (χ2v) is 5.78. The van der Waals surface area contributed by atoms with Crippen molar-refractivity contribution in [3.8, 4) is 0 Å². The van der Waals surface area contributed by atoms with Crippen molar-refractivity contribution in [1.29, 1.82) is 0 Å². The molecule has 1 amide bonds. The molecule has 0 radical (unpaired) electrons. The Hall–Kier alpha value is -1.36. The molecule has 21 heavy (non-hydrogen) atoms. The first-order valence-corrected chi connectivity index (χ1v) is 7.95. The summed E-state index contributed by atoms with van der Waals surface area (Å²) in [6, 6.07) is 0. The number of rotatable bonds is 9. The monoisotopic (exact) mass is 295 g/mol. The molecule has 0 spiro atoms. The van der Waals surface area contributed by atoms with E-state index in [0.717, 1.165) is 43.6 Å². The molecule has 120 valence electrons. The van der Waals surface area contributed by atoms with Crippen LogP contribution in [0.1, 0.15) is 68.8 Å². The number of amides is 1. The van der Waals surface area contributed by atoms with Crippen LogP contribution in [0.4, 0.5) is 0 Å². The molecule has 0 fully saturated rings. The van der Waals surface area contributed by atoms with Crippen LogP contribution < -0.4 is 10.6 Å². The van der Waals surface area contributed by atoms with Gasteiger partial charge in [-0.15, -0.1) is 0 Å². The minimum atomic E-state index is -0.148. The third kappa shape index (κ3) is 4.84. The summed E-state index contributed by atoms with van der Waals surface area (Å²) in [6.07, 6.45) is 3.79. The fourth-order valence-corrected chi connectivity index (χ4v) is 2.26. The van der Waals surface area contributed by atoms with Crippen molar-refractivity contribution in [3.63, 3.8) is 0 Å². The minimum absolute atomic E-state index is 0.0662. The van der Waals surface area contributed by atoms with E-state index in [1.54, 1.807) is 0 Å². The molecule has 1 atom stereocenters. The second-order valence-electron chi connectivity index (χ2n) is 5.78. The Morgan fingerprint density at radius 2 is 2.00 bits per heavy atom. The Morgan fingerprint density at radius 1 is 1.29 bits per heavy atom. The molecule has 0 aliphatic heterocycles. The van der Waals surface area contributed by atoms with Gasteiger partial charge in [-0.05, 0) is 39.7 Å². The fraction of sp³-hybridized carbons (Fsp3) is 0.750. The highest BCUT2D eigenvalue weighted by Gasteiger charge is 2.22. The lowest BCUT2D eigenvalue weighted by Gasteiger charge is -2.29. The Balaban J connectivity index is 2.50. The number of carbonyl (C=O) groups excluding carboxylic acids is 1. The van der Waals surface area contributed by atoms with E-state index >= 15 is 0 Å². The van der Waals surface area contributed by atoms with Crippen LogP contribution >= 0.6 is 0 Å². The maximum Gasteiger partial charge on any atom is 0.273 e. The Kier molecular flexibility index (Phi) is 6.89. The molecule has 5 heteroatoms. The molecule has 0 bridgehead atoms. The number of hydrogen-bond acceptors (Lipinski definition) is 4. The first-order chi connectivity index (χ1) is 9.97. The first-order valence-electron chi connectivity index (χ1n) is 7.95. The van der Waals surface area contributed by atoms with E-state index in [-0.39, 0.29) is 11.4 Å². The molecule has 1 rings (SSSR count). The van der Waals surface area contributed by atoms with Gasteiger partial charge >= 0.3 is 0 Å². The fourth-order valence-electron chi connectivity index (χ4n) is 2.26. The van der Waals surface area contributed by atoms with Gasteiger partial charge in [0.05, 0.1) is 0 Å². The van der Waals surface area contributed by atoms with Gasteiger partial charge in [-0.25, -0.2) is 0 Å². The van der Waals surface area contributed by atoms with Crippen molar-refractivity contribution in [1.82, 2.24) is 15.8 Å². The molecule has 0 aliphatic carbocycles. The predicted octanol–water partition coefficient (Wildman–Crippen LogP) is 2.83. The smallest absolute Gasteiger partial charge is 0.273 e. The average Bonchev–Trinajstić information content (AvgIpc) is 2.86. The van der Waals surface area contributed by atoms with Crippen LogP contribution in [0.3, 0.4) is 0 Å². The molecule has 2 N–H and O–H groups in total. The van der Waals surface area contributed by atoms with Gasteiger partial charge in [0, 0.05) is 24.1 Å². The zero-order chi connectivity index (χ0) is 15.9. The van der Waals surface area contributed by atoms with Gasteiger partial charge in [0.15, 0.2) is 5.69 Å².